The van der Waals surface area contributed by atoms with Gasteiger partial charge in [0.05, 0.1) is 19.7 Å². The number of hydrogen-bond acceptors (Lipinski definition) is 4. The largest absolute Gasteiger partial charge is 0.384 e. The van der Waals surface area contributed by atoms with E-state index in [1.807, 2.05) is 22.7 Å². The Morgan fingerprint density at radius 2 is 2.36 bits per heavy atom. The smallest absolute Gasteiger partial charge is 0.205 e. The Labute approximate surface area is 82.9 Å². The molecule has 2 heterocycles. The number of rotatable bonds is 3. The van der Waals surface area contributed by atoms with Crippen molar-refractivity contribution in [2.45, 2.75) is 5.60 Å². The summed E-state index contributed by atoms with van der Waals surface area (Å²) >= 11 is 0. The van der Waals surface area contributed by atoms with Crippen LogP contribution in [0.3, 0.4) is 0 Å². The average Bonchev–Trinajstić information content (AvgIpc) is 2.47. The number of nitrogens with zero attached hydrogens (tertiary/aromatic N) is 3. The van der Waals surface area contributed by atoms with E-state index in [0.717, 1.165) is 5.95 Å². The summed E-state index contributed by atoms with van der Waals surface area (Å²) in [5, 5.41) is 9.87. The molecular weight excluding hydrogens is 182 g/mol. The van der Waals surface area contributed by atoms with Gasteiger partial charge in [0.15, 0.2) is 0 Å². The average molecular weight is 197 g/mol. The first kappa shape index (κ1) is 9.48. The Kier molecular flexibility index (Phi) is 2.20. The molecule has 0 aliphatic carbocycles. The highest BCUT2D eigenvalue weighted by molar-refractivity contribution is 5.38. The molecule has 5 heteroatoms. The Morgan fingerprint density at radius 1 is 1.64 bits per heavy atom. The fourth-order valence-corrected chi connectivity index (χ4v) is 1.83. The molecular formula is C9H15N3O2. The van der Waals surface area contributed by atoms with E-state index in [0.29, 0.717) is 19.7 Å². The summed E-state index contributed by atoms with van der Waals surface area (Å²) in [5.41, 5.74) is -0.694. The monoisotopic (exact) mass is 197 g/mol. The maximum atomic E-state index is 9.87. The molecule has 0 saturated carbocycles. The van der Waals surface area contributed by atoms with Gasteiger partial charge in [-0.25, -0.2) is 4.98 Å². The lowest BCUT2D eigenvalue weighted by Crippen LogP contribution is -2.64. The van der Waals surface area contributed by atoms with Crippen LogP contribution in [0.25, 0.3) is 0 Å². The Morgan fingerprint density at radius 3 is 2.86 bits per heavy atom. The molecule has 0 aromatic carbocycles. The molecule has 0 radical (unpaired) electrons. The lowest BCUT2D eigenvalue weighted by molar-refractivity contribution is -0.0511. The van der Waals surface area contributed by atoms with E-state index in [-0.39, 0.29) is 0 Å². The molecule has 78 valence electrons. The number of hydrogen-bond donors (Lipinski definition) is 1. The third kappa shape index (κ3) is 1.49. The predicted octanol–water partition coefficient (Wildman–Crippen LogP) is -0.382. The second-order valence-electron chi connectivity index (χ2n) is 3.85. The van der Waals surface area contributed by atoms with Crippen molar-refractivity contribution in [2.75, 3.05) is 31.7 Å². The lowest BCUT2D eigenvalue weighted by Gasteiger charge is -2.46. The van der Waals surface area contributed by atoms with Crippen LogP contribution < -0.4 is 4.90 Å². The van der Waals surface area contributed by atoms with Gasteiger partial charge in [-0.15, -0.1) is 0 Å². The van der Waals surface area contributed by atoms with Gasteiger partial charge < -0.3 is 19.3 Å². The number of methoxy groups -OCH3 is 1. The van der Waals surface area contributed by atoms with E-state index < -0.39 is 5.60 Å². The number of β-amino-alcohol motifs (C(OH)–C–C–N with tert-alkyl or cyclic N) is 1. The van der Waals surface area contributed by atoms with Gasteiger partial charge in [0, 0.05) is 26.6 Å². The molecule has 1 N–H and O–H groups in total. The Hall–Kier alpha value is -1.07. The molecule has 0 atom stereocenters. The van der Waals surface area contributed by atoms with E-state index in [1.54, 1.807) is 13.3 Å². The van der Waals surface area contributed by atoms with Gasteiger partial charge in [0.1, 0.15) is 5.60 Å². The van der Waals surface area contributed by atoms with Crippen molar-refractivity contribution in [3.8, 4) is 0 Å². The van der Waals surface area contributed by atoms with Crippen LogP contribution in [0.5, 0.6) is 0 Å². The fourth-order valence-electron chi connectivity index (χ4n) is 1.83. The Balaban J connectivity index is 1.98. The predicted molar refractivity (Wildman–Crippen MR) is 52.2 cm³/mol. The van der Waals surface area contributed by atoms with Gasteiger partial charge in [0.2, 0.25) is 5.95 Å². The first-order chi connectivity index (χ1) is 6.64. The molecule has 0 amide bonds. The van der Waals surface area contributed by atoms with Crippen LogP contribution in [0, 0.1) is 0 Å². The maximum Gasteiger partial charge on any atom is 0.205 e. The number of anilines is 1. The summed E-state index contributed by atoms with van der Waals surface area (Å²) in [7, 11) is 3.54. The van der Waals surface area contributed by atoms with Gasteiger partial charge in [-0.2, -0.15) is 0 Å². The third-order valence-corrected chi connectivity index (χ3v) is 2.46. The zero-order valence-corrected chi connectivity index (χ0v) is 8.47. The molecule has 2 rings (SSSR count). The second kappa shape index (κ2) is 3.25. The van der Waals surface area contributed by atoms with E-state index in [4.69, 9.17) is 4.74 Å². The number of ether oxygens (including phenoxy) is 1. The van der Waals surface area contributed by atoms with Gasteiger partial charge in [-0.05, 0) is 0 Å². The van der Waals surface area contributed by atoms with Gasteiger partial charge in [-0.1, -0.05) is 0 Å². The fraction of sp³-hybridized carbons (Fsp3) is 0.667. The van der Waals surface area contributed by atoms with Crippen molar-refractivity contribution in [3.05, 3.63) is 12.4 Å². The van der Waals surface area contributed by atoms with Crippen LogP contribution >= 0.6 is 0 Å². The van der Waals surface area contributed by atoms with Crippen molar-refractivity contribution >= 4 is 5.95 Å². The lowest BCUT2D eigenvalue weighted by atomic mass is 9.96. The molecule has 0 spiro atoms. The van der Waals surface area contributed by atoms with Crippen molar-refractivity contribution in [1.29, 1.82) is 0 Å². The maximum absolute atomic E-state index is 9.87. The molecule has 1 aliphatic heterocycles. The molecule has 0 bridgehead atoms. The van der Waals surface area contributed by atoms with Gasteiger partial charge >= 0.3 is 0 Å². The summed E-state index contributed by atoms with van der Waals surface area (Å²) in [6, 6.07) is 0. The van der Waals surface area contributed by atoms with Crippen molar-refractivity contribution in [1.82, 2.24) is 9.55 Å². The quantitative estimate of drug-likeness (QED) is 0.717. The van der Waals surface area contributed by atoms with Crippen LogP contribution in [0.4, 0.5) is 5.95 Å². The van der Waals surface area contributed by atoms with E-state index in [9.17, 15) is 5.11 Å². The van der Waals surface area contributed by atoms with Crippen LogP contribution in [0.2, 0.25) is 0 Å². The highest BCUT2D eigenvalue weighted by atomic mass is 16.5. The minimum atomic E-state index is -0.694. The minimum absolute atomic E-state index is 0.383. The zero-order valence-electron chi connectivity index (χ0n) is 8.47. The number of aliphatic hydroxyl groups is 1. The first-order valence-corrected chi connectivity index (χ1v) is 4.58. The van der Waals surface area contributed by atoms with Crippen molar-refractivity contribution in [3.63, 3.8) is 0 Å². The topological polar surface area (TPSA) is 50.5 Å². The minimum Gasteiger partial charge on any atom is -0.384 e. The van der Waals surface area contributed by atoms with Crippen LogP contribution in [0.1, 0.15) is 0 Å². The van der Waals surface area contributed by atoms with Gasteiger partial charge in [0.25, 0.3) is 0 Å². The summed E-state index contributed by atoms with van der Waals surface area (Å²) in [6.07, 6.45) is 3.64. The standard InChI is InChI=1S/C9H15N3O2/c1-11-4-3-10-8(11)12-5-9(13,6-12)7-14-2/h3-4,13H,5-7H2,1-2H3. The van der Waals surface area contributed by atoms with Crippen LogP contribution in [-0.4, -0.2) is 47.1 Å². The van der Waals surface area contributed by atoms with E-state index in [1.165, 1.54) is 0 Å². The molecule has 5 nitrogen and oxygen atoms in total. The summed E-state index contributed by atoms with van der Waals surface area (Å²) in [5.74, 6) is 0.894. The highest BCUT2D eigenvalue weighted by Crippen LogP contribution is 2.25. The van der Waals surface area contributed by atoms with Crippen molar-refractivity contribution < 1.29 is 9.84 Å². The molecule has 1 fully saturated rings. The summed E-state index contributed by atoms with van der Waals surface area (Å²) in [6.45, 7) is 1.56. The van der Waals surface area contributed by atoms with Crippen LogP contribution in [0.15, 0.2) is 12.4 Å². The van der Waals surface area contributed by atoms with Crippen molar-refractivity contribution in [2.24, 2.45) is 7.05 Å². The van der Waals surface area contributed by atoms with E-state index >= 15 is 0 Å². The number of aromatic nitrogens is 2. The third-order valence-electron chi connectivity index (χ3n) is 2.46. The van der Waals surface area contributed by atoms with Crippen LogP contribution in [-0.2, 0) is 11.8 Å². The molecule has 1 aromatic heterocycles. The zero-order chi connectivity index (χ0) is 10.2. The second-order valence-corrected chi connectivity index (χ2v) is 3.85. The number of aryl methyl sites for hydroxylation is 1. The first-order valence-electron chi connectivity index (χ1n) is 4.58. The van der Waals surface area contributed by atoms with Gasteiger partial charge in [-0.3, -0.25) is 0 Å². The summed E-state index contributed by atoms with van der Waals surface area (Å²) in [4.78, 5) is 6.23. The Bertz CT molecular complexity index is 318. The molecule has 1 aliphatic rings. The molecule has 0 unspecified atom stereocenters. The van der Waals surface area contributed by atoms with E-state index in [2.05, 4.69) is 4.98 Å². The SMILES string of the molecule is COCC1(O)CN(c2nccn2C)C1. The normalized spacial score (nSPS) is 19.5. The number of imidazole rings is 1. The molecule has 14 heavy (non-hydrogen) atoms. The molecule has 1 saturated heterocycles. The highest BCUT2D eigenvalue weighted by Gasteiger charge is 2.42. The molecule has 1 aromatic rings. The summed E-state index contributed by atoms with van der Waals surface area (Å²) < 4.78 is 6.88.